The van der Waals surface area contributed by atoms with Crippen molar-refractivity contribution in [3.8, 4) is 0 Å². The van der Waals surface area contributed by atoms with Gasteiger partial charge < -0.3 is 0 Å². The van der Waals surface area contributed by atoms with Gasteiger partial charge in [-0.05, 0) is 61.4 Å². The van der Waals surface area contributed by atoms with Gasteiger partial charge in [0.1, 0.15) is 0 Å². The van der Waals surface area contributed by atoms with Crippen molar-refractivity contribution in [3.63, 3.8) is 0 Å². The van der Waals surface area contributed by atoms with Crippen molar-refractivity contribution in [2.24, 2.45) is 0 Å². The molecule has 1 aliphatic carbocycles. The standard InChI is InChI=1S/C22H28BrN/c1-2-24(17-19-7-4-3-5-8-19)16-6-9-18-10-12-20(13-11-18)21-14-15-22(21)23/h3-5,7-8,10-13,21-22H,2,6,9,14-17H2,1H3. The smallest absolute Gasteiger partial charge is 0.0233 e. The van der Waals surface area contributed by atoms with Gasteiger partial charge in [-0.15, -0.1) is 0 Å². The van der Waals surface area contributed by atoms with Crippen LogP contribution < -0.4 is 0 Å². The highest BCUT2D eigenvalue weighted by molar-refractivity contribution is 9.09. The molecule has 0 saturated heterocycles. The fourth-order valence-electron chi connectivity index (χ4n) is 3.46. The van der Waals surface area contributed by atoms with Gasteiger partial charge in [0.05, 0.1) is 0 Å². The van der Waals surface area contributed by atoms with Gasteiger partial charge in [-0.2, -0.15) is 0 Å². The first-order chi connectivity index (χ1) is 11.8. The van der Waals surface area contributed by atoms with Crippen LogP contribution in [0.5, 0.6) is 0 Å². The van der Waals surface area contributed by atoms with E-state index in [1.165, 1.54) is 48.9 Å². The molecule has 0 radical (unpaired) electrons. The van der Waals surface area contributed by atoms with Crippen molar-refractivity contribution in [3.05, 3.63) is 71.3 Å². The Morgan fingerprint density at radius 2 is 1.71 bits per heavy atom. The van der Waals surface area contributed by atoms with E-state index in [9.17, 15) is 0 Å². The molecule has 1 nitrogen and oxygen atoms in total. The summed E-state index contributed by atoms with van der Waals surface area (Å²) < 4.78 is 0. The summed E-state index contributed by atoms with van der Waals surface area (Å²) in [6, 6.07) is 20.1. The second-order valence-corrected chi connectivity index (χ2v) is 8.08. The molecule has 0 spiro atoms. The minimum Gasteiger partial charge on any atom is -0.299 e. The molecule has 0 heterocycles. The van der Waals surface area contributed by atoms with E-state index in [1.807, 2.05) is 0 Å². The van der Waals surface area contributed by atoms with Gasteiger partial charge >= 0.3 is 0 Å². The quantitative estimate of drug-likeness (QED) is 0.520. The van der Waals surface area contributed by atoms with Gasteiger partial charge in [0, 0.05) is 11.4 Å². The molecule has 2 heteroatoms. The molecule has 1 fully saturated rings. The van der Waals surface area contributed by atoms with E-state index in [2.05, 4.69) is 82.4 Å². The molecular weight excluding hydrogens is 358 g/mol. The largest absolute Gasteiger partial charge is 0.299 e. The highest BCUT2D eigenvalue weighted by atomic mass is 79.9. The van der Waals surface area contributed by atoms with E-state index < -0.39 is 0 Å². The van der Waals surface area contributed by atoms with Crippen LogP contribution in [0.15, 0.2) is 54.6 Å². The van der Waals surface area contributed by atoms with E-state index in [4.69, 9.17) is 0 Å². The lowest BCUT2D eigenvalue weighted by atomic mass is 9.79. The molecule has 2 unspecified atom stereocenters. The zero-order valence-corrected chi connectivity index (χ0v) is 16.2. The van der Waals surface area contributed by atoms with Crippen molar-refractivity contribution >= 4 is 15.9 Å². The molecule has 24 heavy (non-hydrogen) atoms. The summed E-state index contributed by atoms with van der Waals surface area (Å²) >= 11 is 3.77. The summed E-state index contributed by atoms with van der Waals surface area (Å²) in [6.07, 6.45) is 5.05. The van der Waals surface area contributed by atoms with E-state index in [-0.39, 0.29) is 0 Å². The van der Waals surface area contributed by atoms with E-state index in [0.717, 1.165) is 19.0 Å². The summed E-state index contributed by atoms with van der Waals surface area (Å²) in [5.41, 5.74) is 4.39. The van der Waals surface area contributed by atoms with Gasteiger partial charge in [-0.3, -0.25) is 4.90 Å². The number of rotatable bonds is 8. The zero-order valence-electron chi connectivity index (χ0n) is 14.6. The second-order valence-electron chi connectivity index (χ2n) is 6.90. The Kier molecular flexibility index (Phi) is 6.51. The third kappa shape index (κ3) is 4.70. The summed E-state index contributed by atoms with van der Waals surface area (Å²) in [6.45, 7) is 5.60. The molecule has 0 aromatic heterocycles. The number of hydrogen-bond acceptors (Lipinski definition) is 1. The molecule has 0 amide bonds. The fourth-order valence-corrected chi connectivity index (χ4v) is 4.30. The van der Waals surface area contributed by atoms with Crippen LogP contribution in [0.4, 0.5) is 0 Å². The average molecular weight is 386 g/mol. The van der Waals surface area contributed by atoms with Crippen LogP contribution in [0.25, 0.3) is 0 Å². The van der Waals surface area contributed by atoms with Gasteiger partial charge in [0.25, 0.3) is 0 Å². The fraction of sp³-hybridized carbons (Fsp3) is 0.455. The van der Waals surface area contributed by atoms with Crippen LogP contribution in [0.3, 0.4) is 0 Å². The van der Waals surface area contributed by atoms with Crippen LogP contribution in [0.1, 0.15) is 48.8 Å². The van der Waals surface area contributed by atoms with E-state index >= 15 is 0 Å². The van der Waals surface area contributed by atoms with Gasteiger partial charge in [-0.1, -0.05) is 77.5 Å². The minimum atomic E-state index is 0.694. The number of hydrogen-bond donors (Lipinski definition) is 0. The summed E-state index contributed by atoms with van der Waals surface area (Å²) in [4.78, 5) is 3.23. The number of aryl methyl sites for hydroxylation is 1. The highest BCUT2D eigenvalue weighted by Crippen LogP contribution is 2.41. The summed E-state index contributed by atoms with van der Waals surface area (Å²) in [5.74, 6) is 0.737. The lowest BCUT2D eigenvalue weighted by Gasteiger charge is -2.32. The summed E-state index contributed by atoms with van der Waals surface area (Å²) in [5, 5.41) is 0. The Labute approximate surface area is 155 Å². The molecule has 3 rings (SSSR count). The van der Waals surface area contributed by atoms with Crippen LogP contribution in [0, 0.1) is 0 Å². The van der Waals surface area contributed by atoms with Crippen LogP contribution in [-0.4, -0.2) is 22.8 Å². The molecule has 0 bridgehead atoms. The van der Waals surface area contributed by atoms with Crippen molar-refractivity contribution in [2.75, 3.05) is 13.1 Å². The Morgan fingerprint density at radius 1 is 0.958 bits per heavy atom. The monoisotopic (exact) mass is 385 g/mol. The lowest BCUT2D eigenvalue weighted by molar-refractivity contribution is 0.276. The Bertz CT molecular complexity index is 608. The second kappa shape index (κ2) is 8.82. The van der Waals surface area contributed by atoms with Crippen molar-refractivity contribution in [1.29, 1.82) is 0 Å². The molecule has 2 aromatic carbocycles. The van der Waals surface area contributed by atoms with Crippen molar-refractivity contribution in [1.82, 2.24) is 4.90 Å². The Balaban J connectivity index is 1.45. The van der Waals surface area contributed by atoms with Gasteiger partial charge in [0.15, 0.2) is 0 Å². The predicted molar refractivity (Wildman–Crippen MR) is 107 cm³/mol. The number of nitrogens with zero attached hydrogens (tertiary/aromatic N) is 1. The third-order valence-corrected chi connectivity index (χ3v) is 6.33. The molecule has 0 aliphatic heterocycles. The van der Waals surface area contributed by atoms with Crippen molar-refractivity contribution < 1.29 is 0 Å². The molecule has 128 valence electrons. The Hall–Kier alpha value is -1.12. The molecule has 2 aromatic rings. The van der Waals surface area contributed by atoms with E-state index in [1.54, 1.807) is 0 Å². The van der Waals surface area contributed by atoms with Crippen molar-refractivity contribution in [2.45, 2.75) is 49.9 Å². The zero-order chi connectivity index (χ0) is 16.8. The van der Waals surface area contributed by atoms with E-state index in [0.29, 0.717) is 4.83 Å². The SMILES string of the molecule is CCN(CCCc1ccc(C2CCC2Br)cc1)Cc1ccccc1. The third-order valence-electron chi connectivity index (χ3n) is 5.23. The summed E-state index contributed by atoms with van der Waals surface area (Å²) in [7, 11) is 0. The number of alkyl halides is 1. The van der Waals surface area contributed by atoms with Crippen LogP contribution in [0.2, 0.25) is 0 Å². The minimum absolute atomic E-state index is 0.694. The molecule has 2 atom stereocenters. The highest BCUT2D eigenvalue weighted by Gasteiger charge is 2.29. The molecule has 0 N–H and O–H groups in total. The first kappa shape index (κ1) is 17.7. The lowest BCUT2D eigenvalue weighted by Crippen LogP contribution is -2.24. The van der Waals surface area contributed by atoms with Gasteiger partial charge in [0.2, 0.25) is 0 Å². The first-order valence-corrected chi connectivity index (χ1v) is 10.2. The topological polar surface area (TPSA) is 3.24 Å². The predicted octanol–water partition coefficient (Wildman–Crippen LogP) is 5.78. The number of benzene rings is 2. The van der Waals surface area contributed by atoms with Crippen LogP contribution in [-0.2, 0) is 13.0 Å². The maximum atomic E-state index is 3.77. The normalized spacial score (nSPS) is 20.1. The van der Waals surface area contributed by atoms with Crippen LogP contribution >= 0.6 is 15.9 Å². The molecule has 1 saturated carbocycles. The Morgan fingerprint density at radius 3 is 2.29 bits per heavy atom. The maximum absolute atomic E-state index is 3.77. The van der Waals surface area contributed by atoms with Gasteiger partial charge in [-0.25, -0.2) is 0 Å². The number of halogens is 1. The average Bonchev–Trinajstić information content (AvgIpc) is 2.62. The maximum Gasteiger partial charge on any atom is 0.0233 e. The molecular formula is C22H28BrN. The molecule has 1 aliphatic rings. The first-order valence-electron chi connectivity index (χ1n) is 9.25.